The molecule has 1 aromatic heterocycles. The van der Waals surface area contributed by atoms with Crippen LogP contribution in [0.5, 0.6) is 0 Å². The summed E-state index contributed by atoms with van der Waals surface area (Å²) in [5.74, 6) is 0.852. The van der Waals surface area contributed by atoms with Gasteiger partial charge in [0, 0.05) is 32.9 Å². The van der Waals surface area contributed by atoms with E-state index >= 15 is 0 Å². The molecule has 0 aromatic carbocycles. The lowest BCUT2D eigenvalue weighted by molar-refractivity contribution is 0.171. The van der Waals surface area contributed by atoms with Gasteiger partial charge in [-0.3, -0.25) is 9.88 Å². The second kappa shape index (κ2) is 7.42. The molecule has 22 heavy (non-hydrogen) atoms. The SMILES string of the molecule is CN1c2cccnc2CN(CC2CCCCC2)CCC1CO. The van der Waals surface area contributed by atoms with Gasteiger partial charge in [0.15, 0.2) is 0 Å². The third-order valence-corrected chi connectivity index (χ3v) is 5.40. The minimum atomic E-state index is 0.192. The third-order valence-electron chi connectivity index (χ3n) is 5.40. The highest BCUT2D eigenvalue weighted by molar-refractivity contribution is 5.51. The second-order valence-electron chi connectivity index (χ2n) is 6.94. The van der Waals surface area contributed by atoms with Crippen molar-refractivity contribution in [1.82, 2.24) is 9.88 Å². The number of aliphatic hydroxyl groups excluding tert-OH is 1. The predicted octanol–water partition coefficient (Wildman–Crippen LogP) is 2.66. The first-order chi connectivity index (χ1) is 10.8. The zero-order valence-electron chi connectivity index (χ0n) is 13.7. The molecule has 4 nitrogen and oxygen atoms in total. The van der Waals surface area contributed by atoms with Gasteiger partial charge in [0.1, 0.15) is 0 Å². The van der Waals surface area contributed by atoms with Gasteiger partial charge in [0.25, 0.3) is 0 Å². The quantitative estimate of drug-likeness (QED) is 0.932. The number of anilines is 1. The summed E-state index contributed by atoms with van der Waals surface area (Å²) >= 11 is 0. The smallest absolute Gasteiger partial charge is 0.0776 e. The van der Waals surface area contributed by atoms with E-state index in [2.05, 4.69) is 27.9 Å². The molecule has 2 heterocycles. The molecule has 1 unspecified atom stereocenters. The van der Waals surface area contributed by atoms with E-state index in [4.69, 9.17) is 0 Å². The number of aromatic nitrogens is 1. The van der Waals surface area contributed by atoms with Crippen molar-refractivity contribution in [1.29, 1.82) is 0 Å². The first-order valence-electron chi connectivity index (χ1n) is 8.78. The average molecular weight is 303 g/mol. The van der Waals surface area contributed by atoms with Gasteiger partial charge < -0.3 is 10.0 Å². The van der Waals surface area contributed by atoms with E-state index in [9.17, 15) is 5.11 Å². The summed E-state index contributed by atoms with van der Waals surface area (Å²) in [5, 5.41) is 9.73. The number of pyridine rings is 1. The zero-order chi connectivity index (χ0) is 15.4. The van der Waals surface area contributed by atoms with E-state index in [1.165, 1.54) is 44.3 Å². The van der Waals surface area contributed by atoms with Gasteiger partial charge in [0.05, 0.1) is 24.0 Å². The van der Waals surface area contributed by atoms with Crippen molar-refractivity contribution in [3.63, 3.8) is 0 Å². The molecule has 1 aromatic rings. The Morgan fingerprint density at radius 3 is 2.82 bits per heavy atom. The molecule has 0 radical (unpaired) electrons. The molecule has 3 rings (SSSR count). The molecule has 1 atom stereocenters. The Bertz CT molecular complexity index is 473. The highest BCUT2D eigenvalue weighted by Crippen LogP contribution is 2.28. The maximum Gasteiger partial charge on any atom is 0.0776 e. The summed E-state index contributed by atoms with van der Waals surface area (Å²) in [6.07, 6.45) is 9.89. The maximum atomic E-state index is 9.73. The summed E-state index contributed by atoms with van der Waals surface area (Å²) in [6.45, 7) is 3.40. The number of fused-ring (bicyclic) bond motifs is 1. The Kier molecular flexibility index (Phi) is 5.32. The first-order valence-corrected chi connectivity index (χ1v) is 8.78. The molecule has 2 aliphatic rings. The van der Waals surface area contributed by atoms with E-state index in [1.807, 2.05) is 12.3 Å². The van der Waals surface area contributed by atoms with Gasteiger partial charge >= 0.3 is 0 Å². The summed E-state index contributed by atoms with van der Waals surface area (Å²) < 4.78 is 0. The Hall–Kier alpha value is -1.13. The number of hydrogen-bond acceptors (Lipinski definition) is 4. The average Bonchev–Trinajstić information content (AvgIpc) is 2.55. The van der Waals surface area contributed by atoms with Gasteiger partial charge in [-0.05, 0) is 37.3 Å². The van der Waals surface area contributed by atoms with Crippen LogP contribution >= 0.6 is 0 Å². The van der Waals surface area contributed by atoms with Crippen LogP contribution in [0.2, 0.25) is 0 Å². The van der Waals surface area contributed by atoms with Crippen molar-refractivity contribution in [2.45, 2.75) is 51.1 Å². The van der Waals surface area contributed by atoms with Crippen LogP contribution in [0, 0.1) is 5.92 Å². The largest absolute Gasteiger partial charge is 0.394 e. The lowest BCUT2D eigenvalue weighted by Gasteiger charge is -2.37. The molecule has 0 spiro atoms. The molecule has 1 N–H and O–H groups in total. The van der Waals surface area contributed by atoms with Gasteiger partial charge in [-0.1, -0.05) is 19.3 Å². The molecule has 0 saturated heterocycles. The molecule has 0 bridgehead atoms. The third kappa shape index (κ3) is 3.61. The van der Waals surface area contributed by atoms with Crippen molar-refractivity contribution < 1.29 is 5.11 Å². The zero-order valence-corrected chi connectivity index (χ0v) is 13.7. The molecule has 1 saturated carbocycles. The minimum absolute atomic E-state index is 0.192. The summed E-state index contributed by atoms with van der Waals surface area (Å²) in [6, 6.07) is 4.32. The van der Waals surface area contributed by atoms with Crippen molar-refractivity contribution in [3.8, 4) is 0 Å². The van der Waals surface area contributed by atoms with Crippen molar-refractivity contribution in [2.24, 2.45) is 5.92 Å². The molecule has 1 aliphatic carbocycles. The van der Waals surface area contributed by atoms with Crippen LogP contribution in [-0.4, -0.2) is 47.8 Å². The monoisotopic (exact) mass is 303 g/mol. The van der Waals surface area contributed by atoms with Gasteiger partial charge in [-0.2, -0.15) is 0 Å². The van der Waals surface area contributed by atoms with E-state index in [0.717, 1.165) is 31.1 Å². The fraction of sp³-hybridized carbons (Fsp3) is 0.722. The van der Waals surface area contributed by atoms with Crippen LogP contribution in [-0.2, 0) is 6.54 Å². The van der Waals surface area contributed by atoms with Gasteiger partial charge in [0.2, 0.25) is 0 Å². The summed E-state index contributed by atoms with van der Waals surface area (Å²) in [4.78, 5) is 9.39. The fourth-order valence-electron chi connectivity index (χ4n) is 3.99. The van der Waals surface area contributed by atoms with Crippen molar-refractivity contribution in [2.75, 3.05) is 31.6 Å². The molecule has 122 valence electrons. The van der Waals surface area contributed by atoms with Gasteiger partial charge in [-0.25, -0.2) is 0 Å². The normalized spacial score (nSPS) is 24.6. The Balaban J connectivity index is 1.75. The Morgan fingerprint density at radius 1 is 1.23 bits per heavy atom. The van der Waals surface area contributed by atoms with E-state index in [-0.39, 0.29) is 12.6 Å². The first kappa shape index (κ1) is 15.8. The number of rotatable bonds is 3. The number of likely N-dealkylation sites (N-methyl/N-ethyl adjacent to an activating group) is 1. The second-order valence-corrected chi connectivity index (χ2v) is 6.94. The van der Waals surface area contributed by atoms with E-state index < -0.39 is 0 Å². The Morgan fingerprint density at radius 2 is 2.05 bits per heavy atom. The van der Waals surface area contributed by atoms with Crippen molar-refractivity contribution >= 4 is 5.69 Å². The maximum absolute atomic E-state index is 9.73. The van der Waals surface area contributed by atoms with Crippen LogP contribution in [0.15, 0.2) is 18.3 Å². The van der Waals surface area contributed by atoms with Crippen LogP contribution in [0.1, 0.15) is 44.2 Å². The number of hydrogen-bond donors (Lipinski definition) is 1. The summed E-state index contributed by atoms with van der Waals surface area (Å²) in [5.41, 5.74) is 2.33. The highest BCUT2D eigenvalue weighted by Gasteiger charge is 2.25. The highest BCUT2D eigenvalue weighted by atomic mass is 16.3. The lowest BCUT2D eigenvalue weighted by atomic mass is 9.88. The predicted molar refractivity (Wildman–Crippen MR) is 90.0 cm³/mol. The van der Waals surface area contributed by atoms with Crippen molar-refractivity contribution in [3.05, 3.63) is 24.0 Å². The molecule has 1 fully saturated rings. The fourth-order valence-corrected chi connectivity index (χ4v) is 3.99. The molecule has 0 amide bonds. The molecule has 4 heteroatoms. The van der Waals surface area contributed by atoms with Crippen LogP contribution in [0.3, 0.4) is 0 Å². The Labute approximate surface area is 134 Å². The number of aliphatic hydroxyl groups is 1. The lowest BCUT2D eigenvalue weighted by Crippen LogP contribution is -2.42. The molecular weight excluding hydrogens is 274 g/mol. The minimum Gasteiger partial charge on any atom is -0.394 e. The van der Waals surface area contributed by atoms with Crippen LogP contribution in [0.4, 0.5) is 5.69 Å². The molecular formula is C18H29N3O. The molecule has 1 aliphatic heterocycles. The topological polar surface area (TPSA) is 39.6 Å². The van der Waals surface area contributed by atoms with Gasteiger partial charge in [-0.15, -0.1) is 0 Å². The van der Waals surface area contributed by atoms with E-state index in [1.54, 1.807) is 0 Å². The number of nitrogens with zero attached hydrogens (tertiary/aromatic N) is 3. The van der Waals surface area contributed by atoms with E-state index in [0.29, 0.717) is 0 Å². The summed E-state index contributed by atoms with van der Waals surface area (Å²) in [7, 11) is 2.08. The van der Waals surface area contributed by atoms with Crippen LogP contribution < -0.4 is 4.90 Å². The van der Waals surface area contributed by atoms with Crippen LogP contribution in [0.25, 0.3) is 0 Å². The standard InChI is InChI=1S/C18H29N3O/c1-20-16(14-22)9-11-21(12-15-6-3-2-4-7-15)13-17-18(20)8-5-10-19-17/h5,8,10,15-16,22H,2-4,6-7,9,11-14H2,1H3.